The maximum atomic E-state index is 15.3. The molecule has 1 saturated heterocycles. The van der Waals surface area contributed by atoms with Gasteiger partial charge < -0.3 is 20.5 Å². The standard InChI is InChI=1S/C24H23F4N5O3S/c1-11-8-33(9-12(2)30-11)20-6-17(25)14(19-10-37-23(32-19)13(3)34)4-18(20)31-22(36)15-7-29-21(35)5-16(15)24(26,27)28/h4-7,10-12,30H,8-9H2,1-3H3,(H,29,35)(H,31,36)/t11-,12+. The zero-order valence-electron chi connectivity index (χ0n) is 20.0. The van der Waals surface area contributed by atoms with Gasteiger partial charge in [-0.3, -0.25) is 14.4 Å². The van der Waals surface area contributed by atoms with Crippen molar-refractivity contribution in [3.05, 3.63) is 62.1 Å². The predicted octanol–water partition coefficient (Wildman–Crippen LogP) is 4.30. The number of piperazine rings is 1. The zero-order chi connectivity index (χ0) is 27.1. The number of carbonyl (C=O) groups excluding carboxylic acids is 2. The molecule has 8 nitrogen and oxygen atoms in total. The van der Waals surface area contributed by atoms with E-state index in [-0.39, 0.29) is 45.5 Å². The monoisotopic (exact) mass is 537 g/mol. The molecule has 2 aromatic heterocycles. The number of amides is 1. The fraction of sp³-hybridized carbons (Fsp3) is 0.333. The Balaban J connectivity index is 1.81. The van der Waals surface area contributed by atoms with Crippen LogP contribution in [0, 0.1) is 5.82 Å². The van der Waals surface area contributed by atoms with E-state index in [1.807, 2.05) is 18.7 Å². The highest BCUT2D eigenvalue weighted by atomic mass is 32.1. The highest BCUT2D eigenvalue weighted by Crippen LogP contribution is 2.37. The van der Waals surface area contributed by atoms with E-state index in [2.05, 4.69) is 20.6 Å². The van der Waals surface area contributed by atoms with Gasteiger partial charge in [0.25, 0.3) is 5.91 Å². The Morgan fingerprint density at radius 3 is 2.43 bits per heavy atom. The van der Waals surface area contributed by atoms with Crippen LogP contribution in [-0.2, 0) is 6.18 Å². The Morgan fingerprint density at radius 2 is 1.84 bits per heavy atom. The van der Waals surface area contributed by atoms with E-state index in [1.54, 1.807) is 0 Å². The first-order chi connectivity index (χ1) is 17.3. The van der Waals surface area contributed by atoms with E-state index in [4.69, 9.17) is 0 Å². The van der Waals surface area contributed by atoms with E-state index in [0.29, 0.717) is 25.4 Å². The number of alkyl halides is 3. The topological polar surface area (TPSA) is 107 Å². The summed E-state index contributed by atoms with van der Waals surface area (Å²) in [5.41, 5.74) is -2.75. The van der Waals surface area contributed by atoms with Crippen LogP contribution < -0.4 is 21.1 Å². The maximum absolute atomic E-state index is 15.3. The summed E-state index contributed by atoms with van der Waals surface area (Å²) in [4.78, 5) is 44.3. The molecule has 0 aliphatic carbocycles. The molecule has 1 aliphatic rings. The number of halogens is 4. The number of nitrogens with one attached hydrogen (secondary N) is 3. The third kappa shape index (κ3) is 5.72. The number of benzene rings is 1. The molecule has 0 bridgehead atoms. The van der Waals surface area contributed by atoms with Gasteiger partial charge in [-0.15, -0.1) is 11.3 Å². The Kier molecular flexibility index (Phi) is 7.20. The van der Waals surface area contributed by atoms with Crippen LogP contribution in [0.3, 0.4) is 0 Å². The van der Waals surface area contributed by atoms with Crippen molar-refractivity contribution in [1.82, 2.24) is 15.3 Å². The molecule has 0 unspecified atom stereocenters. The normalized spacial score (nSPS) is 18.1. The zero-order valence-corrected chi connectivity index (χ0v) is 20.8. The van der Waals surface area contributed by atoms with E-state index in [1.165, 1.54) is 24.4 Å². The van der Waals surface area contributed by atoms with Gasteiger partial charge in [-0.2, -0.15) is 13.2 Å². The molecule has 1 aromatic carbocycles. The van der Waals surface area contributed by atoms with Crippen molar-refractivity contribution in [2.75, 3.05) is 23.3 Å². The van der Waals surface area contributed by atoms with Crippen LogP contribution in [0.1, 0.15) is 46.5 Å². The van der Waals surface area contributed by atoms with Crippen molar-refractivity contribution in [3.63, 3.8) is 0 Å². The van der Waals surface area contributed by atoms with E-state index in [9.17, 15) is 27.6 Å². The first kappa shape index (κ1) is 26.5. The number of anilines is 2. The molecule has 1 fully saturated rings. The van der Waals surface area contributed by atoms with Crippen LogP contribution in [0.25, 0.3) is 11.3 Å². The number of rotatable bonds is 5. The van der Waals surface area contributed by atoms with Gasteiger partial charge in [0.15, 0.2) is 10.8 Å². The number of thiazole rings is 1. The molecular formula is C24H23F4N5O3S. The number of ketones is 1. The van der Waals surface area contributed by atoms with Crippen LogP contribution in [-0.4, -0.2) is 46.8 Å². The lowest BCUT2D eigenvalue weighted by molar-refractivity contribution is -0.138. The van der Waals surface area contributed by atoms with Crippen molar-refractivity contribution in [3.8, 4) is 11.3 Å². The van der Waals surface area contributed by atoms with Gasteiger partial charge in [0.1, 0.15) is 5.82 Å². The highest BCUT2D eigenvalue weighted by molar-refractivity contribution is 7.12. The lowest BCUT2D eigenvalue weighted by atomic mass is 10.0. The summed E-state index contributed by atoms with van der Waals surface area (Å²) in [5.74, 6) is -2.11. The van der Waals surface area contributed by atoms with Crippen molar-refractivity contribution < 1.29 is 27.2 Å². The minimum Gasteiger partial charge on any atom is -0.367 e. The van der Waals surface area contributed by atoms with Crippen LogP contribution >= 0.6 is 11.3 Å². The van der Waals surface area contributed by atoms with Crippen molar-refractivity contribution in [1.29, 1.82) is 0 Å². The number of nitrogens with zero attached hydrogens (tertiary/aromatic N) is 2. The smallest absolute Gasteiger partial charge is 0.367 e. The van der Waals surface area contributed by atoms with Crippen LogP contribution in [0.15, 0.2) is 34.6 Å². The largest absolute Gasteiger partial charge is 0.417 e. The molecule has 0 saturated carbocycles. The molecule has 3 N–H and O–H groups in total. The molecule has 196 valence electrons. The Labute approximate surface area is 212 Å². The molecular weight excluding hydrogens is 514 g/mol. The van der Waals surface area contributed by atoms with Crippen molar-refractivity contribution >= 4 is 34.4 Å². The first-order valence-corrected chi connectivity index (χ1v) is 12.1. The summed E-state index contributed by atoms with van der Waals surface area (Å²) in [6, 6.07) is 2.83. The van der Waals surface area contributed by atoms with Gasteiger partial charge in [-0.1, -0.05) is 0 Å². The van der Waals surface area contributed by atoms with Crippen LogP contribution in [0.5, 0.6) is 0 Å². The lowest BCUT2D eigenvalue weighted by Crippen LogP contribution is -2.54. The first-order valence-electron chi connectivity index (χ1n) is 11.3. The average molecular weight is 538 g/mol. The van der Waals surface area contributed by atoms with E-state index < -0.39 is 34.6 Å². The molecule has 2 atom stereocenters. The fourth-order valence-corrected chi connectivity index (χ4v) is 5.01. The second kappa shape index (κ2) is 10.1. The molecule has 3 heterocycles. The maximum Gasteiger partial charge on any atom is 0.417 e. The van der Waals surface area contributed by atoms with Crippen molar-refractivity contribution in [2.24, 2.45) is 0 Å². The summed E-state index contributed by atoms with van der Waals surface area (Å²) in [6.45, 7) is 6.08. The molecule has 1 amide bonds. The SMILES string of the molecule is CC(=O)c1nc(-c2cc(NC(=O)c3c[nH]c(=O)cc3C(F)(F)F)c(N3C[C@@H](C)N[C@@H](C)C3)cc2F)cs1. The summed E-state index contributed by atoms with van der Waals surface area (Å²) < 4.78 is 56.0. The van der Waals surface area contributed by atoms with Gasteiger partial charge in [0.05, 0.1) is 28.2 Å². The van der Waals surface area contributed by atoms with Gasteiger partial charge in [-0.25, -0.2) is 9.37 Å². The summed E-state index contributed by atoms with van der Waals surface area (Å²) >= 11 is 1.02. The summed E-state index contributed by atoms with van der Waals surface area (Å²) in [6.07, 6.45) is -4.26. The molecule has 13 heteroatoms. The number of Topliss-reactive ketones (excluding diaryl/α,β-unsaturated/α-hetero) is 1. The minimum absolute atomic E-state index is 0.0164. The Bertz CT molecular complexity index is 1410. The Morgan fingerprint density at radius 1 is 1.16 bits per heavy atom. The number of hydrogen-bond donors (Lipinski definition) is 3. The number of aromatic nitrogens is 2. The second-order valence-electron chi connectivity index (χ2n) is 8.89. The van der Waals surface area contributed by atoms with Gasteiger partial charge >= 0.3 is 6.18 Å². The average Bonchev–Trinajstić information content (AvgIpc) is 3.29. The third-order valence-corrected chi connectivity index (χ3v) is 6.73. The minimum atomic E-state index is -4.95. The van der Waals surface area contributed by atoms with Crippen molar-refractivity contribution in [2.45, 2.75) is 39.0 Å². The summed E-state index contributed by atoms with van der Waals surface area (Å²) in [7, 11) is 0. The van der Waals surface area contributed by atoms with Gasteiger partial charge in [-0.05, 0) is 19.9 Å². The van der Waals surface area contributed by atoms with Crippen LogP contribution in [0.2, 0.25) is 0 Å². The Hall–Kier alpha value is -3.58. The van der Waals surface area contributed by atoms with E-state index >= 15 is 4.39 Å². The molecule has 0 spiro atoms. The highest BCUT2D eigenvalue weighted by Gasteiger charge is 2.36. The lowest BCUT2D eigenvalue weighted by Gasteiger charge is -2.38. The number of hydrogen-bond acceptors (Lipinski definition) is 7. The van der Waals surface area contributed by atoms with E-state index in [0.717, 1.165) is 11.3 Å². The molecule has 3 aromatic rings. The number of aromatic amines is 1. The third-order valence-electron chi connectivity index (χ3n) is 5.79. The van der Waals surface area contributed by atoms with Gasteiger partial charge in [0, 0.05) is 61.4 Å². The van der Waals surface area contributed by atoms with Gasteiger partial charge in [0.2, 0.25) is 5.56 Å². The quantitative estimate of drug-likeness (QED) is 0.331. The summed E-state index contributed by atoms with van der Waals surface area (Å²) in [5, 5.41) is 7.46. The fourth-order valence-electron chi connectivity index (χ4n) is 4.29. The number of pyridine rings is 1. The number of H-pyrrole nitrogens is 1. The molecule has 4 rings (SSSR count). The molecule has 37 heavy (non-hydrogen) atoms. The predicted molar refractivity (Wildman–Crippen MR) is 132 cm³/mol. The number of carbonyl (C=O) groups is 2. The second-order valence-corrected chi connectivity index (χ2v) is 9.75. The van der Waals surface area contributed by atoms with Crippen LogP contribution in [0.4, 0.5) is 28.9 Å². The molecule has 0 radical (unpaired) electrons. The molecule has 1 aliphatic heterocycles.